The zero-order valence-electron chi connectivity index (χ0n) is 17.1. The number of nitrogens with one attached hydrogen (secondary N) is 2. The number of esters is 1. The van der Waals surface area contributed by atoms with E-state index in [1.807, 2.05) is 66.7 Å². The van der Waals surface area contributed by atoms with Crippen molar-refractivity contribution < 1.29 is 9.53 Å². The molecule has 0 radical (unpaired) electrons. The van der Waals surface area contributed by atoms with E-state index in [1.165, 1.54) is 7.11 Å². The average molecular weight is 422 g/mol. The zero-order valence-corrected chi connectivity index (χ0v) is 17.1. The number of hydrogen-bond acceptors (Lipinski definition) is 6. The van der Waals surface area contributed by atoms with Gasteiger partial charge in [0.05, 0.1) is 12.7 Å². The molecule has 5 rings (SSSR count). The van der Waals surface area contributed by atoms with Gasteiger partial charge in [-0.05, 0) is 18.2 Å². The van der Waals surface area contributed by atoms with E-state index in [9.17, 15) is 4.79 Å². The molecule has 0 spiro atoms. The zero-order chi connectivity index (χ0) is 21.9. The lowest BCUT2D eigenvalue weighted by Gasteiger charge is -2.05. The monoisotopic (exact) mass is 422 g/mol. The van der Waals surface area contributed by atoms with Gasteiger partial charge >= 0.3 is 5.97 Å². The second-order valence-electron chi connectivity index (χ2n) is 7.04. The molecule has 0 atom stereocenters. The van der Waals surface area contributed by atoms with Crippen molar-refractivity contribution in [3.05, 3.63) is 84.4 Å². The van der Waals surface area contributed by atoms with Gasteiger partial charge in [0.25, 0.3) is 0 Å². The molecular formula is C24H18N6O2. The number of benzene rings is 3. The van der Waals surface area contributed by atoms with Crippen LogP contribution in [0.25, 0.3) is 45.6 Å². The number of aromatic nitrogens is 6. The molecular weight excluding hydrogens is 404 g/mol. The van der Waals surface area contributed by atoms with E-state index < -0.39 is 5.97 Å². The molecule has 0 aliphatic rings. The van der Waals surface area contributed by atoms with Crippen LogP contribution < -0.4 is 0 Å². The minimum absolute atomic E-state index is 0.358. The Morgan fingerprint density at radius 1 is 0.688 bits per heavy atom. The molecule has 0 fully saturated rings. The number of rotatable bonds is 5. The summed E-state index contributed by atoms with van der Waals surface area (Å²) < 4.78 is 4.93. The molecule has 0 saturated carbocycles. The van der Waals surface area contributed by atoms with Crippen LogP contribution in [0.5, 0.6) is 0 Å². The maximum atomic E-state index is 12.3. The van der Waals surface area contributed by atoms with Crippen LogP contribution in [0.1, 0.15) is 10.4 Å². The van der Waals surface area contributed by atoms with Gasteiger partial charge in [-0.3, -0.25) is 10.2 Å². The number of ether oxygens (including phenoxy) is 1. The summed E-state index contributed by atoms with van der Waals surface area (Å²) in [5, 5.41) is 14.6. The van der Waals surface area contributed by atoms with E-state index in [1.54, 1.807) is 12.1 Å². The number of carbonyl (C=O) groups excluding carboxylic acids is 1. The Hall–Kier alpha value is -4.59. The van der Waals surface area contributed by atoms with Crippen LogP contribution in [-0.2, 0) is 4.74 Å². The molecule has 0 bridgehead atoms. The van der Waals surface area contributed by atoms with Gasteiger partial charge in [0.15, 0.2) is 23.3 Å². The first-order chi connectivity index (χ1) is 15.7. The molecule has 0 aliphatic heterocycles. The smallest absolute Gasteiger partial charge is 0.337 e. The first-order valence-corrected chi connectivity index (χ1v) is 9.91. The molecule has 3 aromatic carbocycles. The first kappa shape index (κ1) is 19.4. The van der Waals surface area contributed by atoms with Gasteiger partial charge < -0.3 is 4.74 Å². The maximum Gasteiger partial charge on any atom is 0.337 e. The first-order valence-electron chi connectivity index (χ1n) is 9.91. The third kappa shape index (κ3) is 3.77. The Morgan fingerprint density at radius 2 is 1.16 bits per heavy atom. The van der Waals surface area contributed by atoms with Crippen molar-refractivity contribution in [3.63, 3.8) is 0 Å². The second kappa shape index (κ2) is 8.27. The maximum absolute atomic E-state index is 12.3. The summed E-state index contributed by atoms with van der Waals surface area (Å²) in [7, 11) is 1.34. The highest BCUT2D eigenvalue weighted by Crippen LogP contribution is 2.27. The molecule has 2 aromatic heterocycles. The van der Waals surface area contributed by atoms with E-state index in [4.69, 9.17) is 4.74 Å². The van der Waals surface area contributed by atoms with Crippen molar-refractivity contribution in [3.8, 4) is 45.6 Å². The summed E-state index contributed by atoms with van der Waals surface area (Å²) in [5.74, 6) is 1.71. The predicted molar refractivity (Wildman–Crippen MR) is 119 cm³/mol. The number of methoxy groups -OCH3 is 1. The Bertz CT molecular complexity index is 1280. The van der Waals surface area contributed by atoms with Gasteiger partial charge in [-0.2, -0.15) is 10.2 Å². The average Bonchev–Trinajstić information content (AvgIpc) is 3.55. The quantitative estimate of drug-likeness (QED) is 0.407. The van der Waals surface area contributed by atoms with E-state index in [-0.39, 0.29) is 0 Å². The Kier molecular flexibility index (Phi) is 5.01. The summed E-state index contributed by atoms with van der Waals surface area (Å²) in [4.78, 5) is 21.5. The summed E-state index contributed by atoms with van der Waals surface area (Å²) in [6.45, 7) is 0. The molecule has 2 N–H and O–H groups in total. The van der Waals surface area contributed by atoms with Crippen molar-refractivity contribution >= 4 is 5.97 Å². The van der Waals surface area contributed by atoms with Gasteiger partial charge in [0.2, 0.25) is 0 Å². The number of hydrogen-bond donors (Lipinski definition) is 2. The van der Waals surface area contributed by atoms with E-state index in [2.05, 4.69) is 30.4 Å². The molecule has 156 valence electrons. The lowest BCUT2D eigenvalue weighted by Crippen LogP contribution is -2.02. The number of carbonyl (C=O) groups is 1. The predicted octanol–water partition coefficient (Wildman–Crippen LogP) is 4.38. The Balaban J connectivity index is 1.57. The highest BCUT2D eigenvalue weighted by molar-refractivity contribution is 5.92. The topological polar surface area (TPSA) is 109 Å². The third-order valence-corrected chi connectivity index (χ3v) is 4.94. The van der Waals surface area contributed by atoms with Crippen LogP contribution >= 0.6 is 0 Å². The van der Waals surface area contributed by atoms with E-state index >= 15 is 0 Å². The van der Waals surface area contributed by atoms with Crippen molar-refractivity contribution in [1.29, 1.82) is 0 Å². The summed E-state index contributed by atoms with van der Waals surface area (Å²) >= 11 is 0. The van der Waals surface area contributed by atoms with Crippen LogP contribution in [0, 0.1) is 0 Å². The van der Waals surface area contributed by atoms with Gasteiger partial charge in [0.1, 0.15) is 0 Å². The largest absolute Gasteiger partial charge is 0.465 e. The third-order valence-electron chi connectivity index (χ3n) is 4.94. The standard InChI is InChI=1S/C24H18N6O2/c1-32-24(31)19-13-17(22-25-20(27-29-22)15-8-4-2-5-9-15)12-18(14-19)23-26-21(28-30-23)16-10-6-3-7-11-16/h2-14H,1H3,(H,25,27,29)(H,26,28,30). The molecule has 8 heteroatoms. The minimum atomic E-state index is -0.467. The normalized spacial score (nSPS) is 10.8. The molecule has 32 heavy (non-hydrogen) atoms. The molecule has 0 aliphatic carbocycles. The fourth-order valence-electron chi connectivity index (χ4n) is 3.35. The molecule has 5 aromatic rings. The van der Waals surface area contributed by atoms with Crippen LogP contribution in [0.4, 0.5) is 0 Å². The van der Waals surface area contributed by atoms with Crippen molar-refractivity contribution in [2.45, 2.75) is 0 Å². The van der Waals surface area contributed by atoms with E-state index in [0.717, 1.165) is 11.1 Å². The lowest BCUT2D eigenvalue weighted by molar-refractivity contribution is 0.0601. The van der Waals surface area contributed by atoms with Crippen molar-refractivity contribution in [2.75, 3.05) is 7.11 Å². The second-order valence-corrected chi connectivity index (χ2v) is 7.04. The van der Waals surface area contributed by atoms with Crippen molar-refractivity contribution in [1.82, 2.24) is 30.4 Å². The molecule has 0 saturated heterocycles. The molecule has 2 heterocycles. The Labute approximate surface area is 183 Å². The fourth-order valence-corrected chi connectivity index (χ4v) is 3.35. The summed E-state index contributed by atoms with van der Waals surface area (Å²) in [5.41, 5.74) is 3.48. The van der Waals surface area contributed by atoms with Gasteiger partial charge in [-0.1, -0.05) is 60.7 Å². The number of nitrogens with zero attached hydrogens (tertiary/aromatic N) is 4. The van der Waals surface area contributed by atoms with Crippen LogP contribution in [0.15, 0.2) is 78.9 Å². The highest BCUT2D eigenvalue weighted by Gasteiger charge is 2.17. The molecule has 0 unspecified atom stereocenters. The van der Waals surface area contributed by atoms with Gasteiger partial charge in [-0.15, -0.1) is 0 Å². The highest BCUT2D eigenvalue weighted by atomic mass is 16.5. The summed E-state index contributed by atoms with van der Waals surface area (Å²) in [6, 6.07) is 24.6. The number of aromatic amines is 2. The summed E-state index contributed by atoms with van der Waals surface area (Å²) in [6.07, 6.45) is 0. The van der Waals surface area contributed by atoms with Crippen molar-refractivity contribution in [2.24, 2.45) is 0 Å². The molecule has 0 amide bonds. The number of H-pyrrole nitrogens is 2. The van der Waals surface area contributed by atoms with Crippen LogP contribution in [0.2, 0.25) is 0 Å². The van der Waals surface area contributed by atoms with Gasteiger partial charge in [-0.25, -0.2) is 14.8 Å². The Morgan fingerprint density at radius 3 is 1.59 bits per heavy atom. The van der Waals surface area contributed by atoms with Gasteiger partial charge in [0, 0.05) is 22.3 Å². The fraction of sp³-hybridized carbons (Fsp3) is 0.0417. The lowest BCUT2D eigenvalue weighted by atomic mass is 10.0. The van der Waals surface area contributed by atoms with Crippen LogP contribution in [0.3, 0.4) is 0 Å². The van der Waals surface area contributed by atoms with Crippen LogP contribution in [-0.4, -0.2) is 43.4 Å². The SMILES string of the molecule is COC(=O)c1cc(-c2n[nH]c(-c3ccccc3)n2)cc(-c2n[nH]c(-c3ccccc3)n2)c1. The van der Waals surface area contributed by atoms with E-state index in [0.29, 0.717) is 40.0 Å². The molecule has 8 nitrogen and oxygen atoms in total. The minimum Gasteiger partial charge on any atom is -0.465 e.